The van der Waals surface area contributed by atoms with Gasteiger partial charge in [-0.25, -0.2) is 12.8 Å². The Bertz CT molecular complexity index is 710. The number of sulfone groups is 1. The molecule has 0 N–H and O–H groups in total. The molecule has 0 aromatic heterocycles. The lowest BCUT2D eigenvalue weighted by Gasteiger charge is -2.33. The Morgan fingerprint density at radius 3 is 2.67 bits per heavy atom. The topological polar surface area (TPSA) is 43.4 Å². The van der Waals surface area contributed by atoms with Gasteiger partial charge in [0, 0.05) is 0 Å². The van der Waals surface area contributed by atoms with Gasteiger partial charge in [-0.3, -0.25) is 0 Å². The minimum Gasteiger partial charge on any atom is -0.494 e. The standard InChI is InChI=1S/C15H16F2O3S/c1-20-14-8-10(7-13(16)15(14)17)9-5-11-3-2-4-12(6-9)21(11,18)19/h5,7-8,11-12H,2-4,6H2,1H3. The Kier molecular flexibility index (Phi) is 3.51. The zero-order valence-electron chi connectivity index (χ0n) is 11.6. The molecule has 6 heteroatoms. The fourth-order valence-electron chi connectivity index (χ4n) is 3.17. The summed E-state index contributed by atoms with van der Waals surface area (Å²) in [6, 6.07) is 2.54. The smallest absolute Gasteiger partial charge is 0.200 e. The monoisotopic (exact) mass is 314 g/mol. The summed E-state index contributed by atoms with van der Waals surface area (Å²) in [5.74, 6) is -2.17. The summed E-state index contributed by atoms with van der Waals surface area (Å²) in [4.78, 5) is 0. The van der Waals surface area contributed by atoms with E-state index < -0.39 is 32.0 Å². The number of rotatable bonds is 2. The van der Waals surface area contributed by atoms with Gasteiger partial charge in [0.05, 0.1) is 17.6 Å². The van der Waals surface area contributed by atoms with E-state index in [0.717, 1.165) is 18.1 Å². The van der Waals surface area contributed by atoms with E-state index >= 15 is 0 Å². The summed E-state index contributed by atoms with van der Waals surface area (Å²) in [6.45, 7) is 0. The molecule has 0 radical (unpaired) electrons. The van der Waals surface area contributed by atoms with Gasteiger partial charge in [0.1, 0.15) is 0 Å². The van der Waals surface area contributed by atoms with Crippen LogP contribution in [0.25, 0.3) is 5.57 Å². The highest BCUT2D eigenvalue weighted by atomic mass is 32.2. The third-order valence-corrected chi connectivity index (χ3v) is 6.87. The first-order chi connectivity index (χ1) is 9.93. The van der Waals surface area contributed by atoms with E-state index in [4.69, 9.17) is 4.74 Å². The van der Waals surface area contributed by atoms with E-state index in [1.54, 1.807) is 6.08 Å². The van der Waals surface area contributed by atoms with Crippen LogP contribution in [0.4, 0.5) is 8.78 Å². The summed E-state index contributed by atoms with van der Waals surface area (Å²) in [5.41, 5.74) is 1.26. The largest absolute Gasteiger partial charge is 0.494 e. The minimum atomic E-state index is -3.12. The molecule has 0 aliphatic carbocycles. The lowest BCUT2D eigenvalue weighted by atomic mass is 9.93. The van der Waals surface area contributed by atoms with Gasteiger partial charge in [-0.1, -0.05) is 12.5 Å². The summed E-state index contributed by atoms with van der Waals surface area (Å²) in [5, 5.41) is -0.908. The normalized spacial score (nSPS) is 27.1. The van der Waals surface area contributed by atoms with Crippen molar-refractivity contribution in [1.29, 1.82) is 0 Å². The Hall–Kier alpha value is -1.43. The van der Waals surface area contributed by atoms with E-state index in [0.29, 0.717) is 24.8 Å². The molecule has 2 heterocycles. The number of benzene rings is 1. The average molecular weight is 314 g/mol. The molecule has 1 fully saturated rings. The molecule has 2 aliphatic heterocycles. The lowest BCUT2D eigenvalue weighted by molar-refractivity contribution is 0.371. The van der Waals surface area contributed by atoms with Crippen LogP contribution in [0.2, 0.25) is 0 Å². The van der Waals surface area contributed by atoms with Crippen LogP contribution in [-0.4, -0.2) is 26.0 Å². The Morgan fingerprint density at radius 1 is 1.24 bits per heavy atom. The molecule has 3 rings (SSSR count). The molecule has 0 amide bonds. The van der Waals surface area contributed by atoms with E-state index in [1.807, 2.05) is 0 Å². The number of methoxy groups -OCH3 is 1. The maximum Gasteiger partial charge on any atom is 0.200 e. The van der Waals surface area contributed by atoms with E-state index in [2.05, 4.69) is 0 Å². The van der Waals surface area contributed by atoms with Gasteiger partial charge in [0.25, 0.3) is 0 Å². The summed E-state index contributed by atoms with van der Waals surface area (Å²) < 4.78 is 56.4. The van der Waals surface area contributed by atoms with Crippen molar-refractivity contribution in [3.8, 4) is 5.75 Å². The number of ether oxygens (including phenoxy) is 1. The van der Waals surface area contributed by atoms with Crippen LogP contribution in [0.5, 0.6) is 5.75 Å². The number of hydrogen-bond donors (Lipinski definition) is 0. The number of hydrogen-bond acceptors (Lipinski definition) is 3. The molecule has 3 nitrogen and oxygen atoms in total. The van der Waals surface area contributed by atoms with Crippen LogP contribution in [0.1, 0.15) is 31.2 Å². The molecule has 114 valence electrons. The molecular weight excluding hydrogens is 298 g/mol. The predicted molar refractivity (Wildman–Crippen MR) is 75.9 cm³/mol. The van der Waals surface area contributed by atoms with Crippen molar-refractivity contribution in [2.24, 2.45) is 0 Å². The molecule has 2 bridgehead atoms. The highest BCUT2D eigenvalue weighted by molar-refractivity contribution is 7.93. The van der Waals surface area contributed by atoms with Crippen LogP contribution in [0, 0.1) is 11.6 Å². The number of fused-ring (bicyclic) bond motifs is 2. The van der Waals surface area contributed by atoms with Crippen molar-refractivity contribution >= 4 is 15.4 Å². The first kappa shape index (κ1) is 14.5. The van der Waals surface area contributed by atoms with E-state index in [9.17, 15) is 17.2 Å². The highest BCUT2D eigenvalue weighted by Gasteiger charge is 2.40. The maximum atomic E-state index is 13.6. The first-order valence-electron chi connectivity index (χ1n) is 6.90. The van der Waals surface area contributed by atoms with Gasteiger partial charge >= 0.3 is 0 Å². The van der Waals surface area contributed by atoms with Gasteiger partial charge in [0.2, 0.25) is 5.82 Å². The third kappa shape index (κ3) is 2.35. The van der Waals surface area contributed by atoms with Crippen LogP contribution in [0.15, 0.2) is 18.2 Å². The molecule has 2 aliphatic rings. The summed E-state index contributed by atoms with van der Waals surface area (Å²) in [6.07, 6.45) is 4.17. The average Bonchev–Trinajstić information content (AvgIpc) is 2.40. The summed E-state index contributed by atoms with van der Waals surface area (Å²) >= 11 is 0. The van der Waals surface area contributed by atoms with Gasteiger partial charge in [-0.2, -0.15) is 4.39 Å². The SMILES string of the molecule is COc1cc(C2=CC3CCCC(C2)S3(=O)=O)cc(F)c1F. The maximum absolute atomic E-state index is 13.6. The van der Waals surface area contributed by atoms with E-state index in [-0.39, 0.29) is 5.75 Å². The Morgan fingerprint density at radius 2 is 2.00 bits per heavy atom. The van der Waals surface area contributed by atoms with Crippen molar-refractivity contribution < 1.29 is 21.9 Å². The Labute approximate surface area is 122 Å². The van der Waals surface area contributed by atoms with Crippen LogP contribution >= 0.6 is 0 Å². The van der Waals surface area contributed by atoms with Crippen molar-refractivity contribution in [2.75, 3.05) is 7.11 Å². The fraction of sp³-hybridized carbons (Fsp3) is 0.467. The highest BCUT2D eigenvalue weighted by Crippen LogP contribution is 2.40. The van der Waals surface area contributed by atoms with Crippen LogP contribution in [-0.2, 0) is 9.84 Å². The molecule has 0 spiro atoms. The number of allylic oxidation sites excluding steroid dienone is 1. The molecular formula is C15H16F2O3S. The molecule has 1 aromatic rings. The zero-order chi connectivity index (χ0) is 15.2. The van der Waals surface area contributed by atoms with Crippen molar-refractivity contribution in [2.45, 2.75) is 36.2 Å². The predicted octanol–water partition coefficient (Wildman–Crippen LogP) is 3.10. The van der Waals surface area contributed by atoms with Crippen LogP contribution in [0.3, 0.4) is 0 Å². The van der Waals surface area contributed by atoms with Gasteiger partial charge in [-0.05, 0) is 42.5 Å². The first-order valence-corrected chi connectivity index (χ1v) is 8.51. The fourth-order valence-corrected chi connectivity index (χ4v) is 5.42. The third-order valence-electron chi connectivity index (χ3n) is 4.32. The van der Waals surface area contributed by atoms with Gasteiger partial charge < -0.3 is 4.74 Å². The van der Waals surface area contributed by atoms with Gasteiger partial charge in [0.15, 0.2) is 21.4 Å². The quantitative estimate of drug-likeness (QED) is 0.842. The van der Waals surface area contributed by atoms with Gasteiger partial charge in [-0.15, -0.1) is 0 Å². The molecule has 0 saturated carbocycles. The molecule has 21 heavy (non-hydrogen) atoms. The van der Waals surface area contributed by atoms with E-state index in [1.165, 1.54) is 13.2 Å². The lowest BCUT2D eigenvalue weighted by Crippen LogP contribution is -2.38. The zero-order valence-corrected chi connectivity index (χ0v) is 12.4. The van der Waals surface area contributed by atoms with Crippen molar-refractivity contribution in [1.82, 2.24) is 0 Å². The molecule has 1 aromatic carbocycles. The second kappa shape index (κ2) is 5.09. The minimum absolute atomic E-state index is 0.163. The molecule has 2 atom stereocenters. The summed E-state index contributed by atoms with van der Waals surface area (Å²) in [7, 11) is -1.84. The van der Waals surface area contributed by atoms with Crippen molar-refractivity contribution in [3.63, 3.8) is 0 Å². The Balaban J connectivity index is 2.06. The van der Waals surface area contributed by atoms with Crippen molar-refractivity contribution in [3.05, 3.63) is 35.4 Å². The second-order valence-corrected chi connectivity index (χ2v) is 8.00. The van der Waals surface area contributed by atoms with Crippen LogP contribution < -0.4 is 4.74 Å². The molecule has 2 unspecified atom stereocenters. The second-order valence-electron chi connectivity index (χ2n) is 5.55. The number of halogens is 2. The molecule has 1 saturated heterocycles.